The van der Waals surface area contributed by atoms with Gasteiger partial charge in [0.25, 0.3) is 5.91 Å². The summed E-state index contributed by atoms with van der Waals surface area (Å²) in [7, 11) is 0. The molecule has 0 unspecified atom stereocenters. The highest BCUT2D eigenvalue weighted by atomic mass is 32.1. The molecule has 0 radical (unpaired) electrons. The molecule has 9 nitrogen and oxygen atoms in total. The van der Waals surface area contributed by atoms with Gasteiger partial charge in [0.15, 0.2) is 0 Å². The first-order chi connectivity index (χ1) is 13.0. The van der Waals surface area contributed by atoms with Crippen molar-refractivity contribution in [1.29, 1.82) is 0 Å². The second kappa shape index (κ2) is 8.76. The van der Waals surface area contributed by atoms with Crippen LogP contribution in [0, 0.1) is 10.1 Å². The lowest BCUT2D eigenvalue weighted by Crippen LogP contribution is -2.41. The van der Waals surface area contributed by atoms with Gasteiger partial charge in [0.1, 0.15) is 12.4 Å². The van der Waals surface area contributed by atoms with Gasteiger partial charge in [-0.25, -0.2) is 0 Å². The number of hydrogen-bond donors (Lipinski definition) is 2. The number of aromatic nitrogens is 2. The van der Waals surface area contributed by atoms with Crippen molar-refractivity contribution in [3.05, 3.63) is 43.9 Å². The number of amides is 2. The molecule has 2 N–H and O–H groups in total. The highest BCUT2D eigenvalue weighted by molar-refractivity contribution is 7.14. The van der Waals surface area contributed by atoms with E-state index in [1.54, 1.807) is 0 Å². The monoisotopic (exact) mass is 391 g/mol. The van der Waals surface area contributed by atoms with Gasteiger partial charge in [0.2, 0.25) is 5.91 Å². The van der Waals surface area contributed by atoms with E-state index >= 15 is 0 Å². The number of rotatable bonds is 5. The molecule has 10 heteroatoms. The number of nitrogens with one attached hydrogen (secondary N) is 2. The molecule has 0 aliphatic heterocycles. The zero-order valence-electron chi connectivity index (χ0n) is 14.8. The molecule has 0 aromatic carbocycles. The second-order valence-electron chi connectivity index (χ2n) is 6.44. The van der Waals surface area contributed by atoms with E-state index in [9.17, 15) is 19.7 Å². The van der Waals surface area contributed by atoms with Crippen molar-refractivity contribution in [3.63, 3.8) is 0 Å². The SMILES string of the molecule is O=C(CCn1cc([N+](=O)[O-])cn1)NNC(=O)c1cc2c(s1)CCCCCC2. The molecule has 1 aliphatic rings. The fraction of sp³-hybridized carbons (Fsp3) is 0.471. The van der Waals surface area contributed by atoms with Gasteiger partial charge in [0, 0.05) is 11.3 Å². The van der Waals surface area contributed by atoms with E-state index in [0.717, 1.165) is 31.9 Å². The summed E-state index contributed by atoms with van der Waals surface area (Å²) >= 11 is 1.49. The van der Waals surface area contributed by atoms with E-state index in [-0.39, 0.29) is 24.6 Å². The zero-order chi connectivity index (χ0) is 19.2. The lowest BCUT2D eigenvalue weighted by Gasteiger charge is -2.07. The molecule has 144 valence electrons. The summed E-state index contributed by atoms with van der Waals surface area (Å²) in [6.07, 6.45) is 9.19. The minimum absolute atomic E-state index is 0.0417. The van der Waals surface area contributed by atoms with E-state index in [4.69, 9.17) is 0 Å². The van der Waals surface area contributed by atoms with Crippen molar-refractivity contribution in [3.8, 4) is 0 Å². The molecule has 0 bridgehead atoms. The number of aryl methyl sites for hydroxylation is 3. The summed E-state index contributed by atoms with van der Waals surface area (Å²) < 4.78 is 1.32. The molecule has 2 aromatic heterocycles. The number of fused-ring (bicyclic) bond motifs is 1. The van der Waals surface area contributed by atoms with Crippen molar-refractivity contribution in [2.75, 3.05) is 0 Å². The predicted molar refractivity (Wildman–Crippen MR) is 99.3 cm³/mol. The number of nitro groups is 1. The Labute approximate surface area is 159 Å². The van der Waals surface area contributed by atoms with Crippen LogP contribution in [0.3, 0.4) is 0 Å². The topological polar surface area (TPSA) is 119 Å². The minimum Gasteiger partial charge on any atom is -0.273 e. The van der Waals surface area contributed by atoms with Crippen LogP contribution < -0.4 is 10.9 Å². The third kappa shape index (κ3) is 5.13. The maximum atomic E-state index is 12.3. The molecule has 2 amide bonds. The number of carbonyl (C=O) groups excluding carboxylic acids is 2. The van der Waals surface area contributed by atoms with Crippen molar-refractivity contribution >= 4 is 28.8 Å². The van der Waals surface area contributed by atoms with E-state index in [1.165, 1.54) is 45.5 Å². The molecular formula is C17H21N5O4S. The van der Waals surface area contributed by atoms with Crippen molar-refractivity contribution in [2.45, 2.75) is 51.5 Å². The molecule has 0 atom stereocenters. The maximum Gasteiger partial charge on any atom is 0.306 e. The lowest BCUT2D eigenvalue weighted by atomic mass is 10.00. The zero-order valence-corrected chi connectivity index (χ0v) is 15.6. The van der Waals surface area contributed by atoms with Crippen molar-refractivity contribution in [2.24, 2.45) is 0 Å². The Morgan fingerprint density at radius 3 is 2.74 bits per heavy atom. The predicted octanol–water partition coefficient (Wildman–Crippen LogP) is 2.36. The Morgan fingerprint density at radius 1 is 1.22 bits per heavy atom. The molecule has 1 aliphatic carbocycles. The second-order valence-corrected chi connectivity index (χ2v) is 7.58. The molecule has 0 spiro atoms. The summed E-state index contributed by atoms with van der Waals surface area (Å²) in [6, 6.07) is 1.93. The van der Waals surface area contributed by atoms with Gasteiger partial charge in [-0.15, -0.1) is 11.3 Å². The highest BCUT2D eigenvalue weighted by Crippen LogP contribution is 2.28. The van der Waals surface area contributed by atoms with Crippen LogP contribution in [0.15, 0.2) is 18.5 Å². The Morgan fingerprint density at radius 2 is 2.00 bits per heavy atom. The average molecular weight is 391 g/mol. The van der Waals surface area contributed by atoms with Crippen molar-refractivity contribution < 1.29 is 14.5 Å². The van der Waals surface area contributed by atoms with Crippen LogP contribution in [-0.2, 0) is 24.2 Å². The Bertz CT molecular complexity index is 819. The summed E-state index contributed by atoms with van der Waals surface area (Å²) in [6.45, 7) is 0.183. The number of thiophene rings is 1. The van der Waals surface area contributed by atoms with Crippen molar-refractivity contribution in [1.82, 2.24) is 20.6 Å². The van der Waals surface area contributed by atoms with E-state index in [2.05, 4.69) is 16.0 Å². The number of carbonyl (C=O) groups is 2. The molecule has 27 heavy (non-hydrogen) atoms. The van der Waals surface area contributed by atoms with Crippen LogP contribution in [0.5, 0.6) is 0 Å². The third-order valence-corrected chi connectivity index (χ3v) is 5.67. The lowest BCUT2D eigenvalue weighted by molar-refractivity contribution is -0.385. The summed E-state index contributed by atoms with van der Waals surface area (Å²) in [5.41, 5.74) is 5.93. The van der Waals surface area contributed by atoms with Gasteiger partial charge in [-0.2, -0.15) is 5.10 Å². The standard InChI is InChI=1S/C17H21N5O4S/c23-16(7-8-21-11-13(10-18-21)22(25)26)19-20-17(24)15-9-12-5-3-1-2-4-6-14(12)27-15/h9-11H,1-8H2,(H,19,23)(H,20,24). The minimum atomic E-state index is -0.547. The van der Waals surface area contributed by atoms with Crippen LogP contribution in [0.2, 0.25) is 0 Å². The molecule has 2 aromatic rings. The van der Waals surface area contributed by atoms with Crippen LogP contribution in [-0.4, -0.2) is 26.5 Å². The molecule has 0 fully saturated rings. The van der Waals surface area contributed by atoms with Gasteiger partial charge in [-0.3, -0.25) is 35.2 Å². The first kappa shape index (κ1) is 19.0. The van der Waals surface area contributed by atoms with Gasteiger partial charge in [-0.05, 0) is 37.3 Å². The molecule has 0 saturated heterocycles. The highest BCUT2D eigenvalue weighted by Gasteiger charge is 2.16. The molecular weight excluding hydrogens is 370 g/mol. The Hall–Kier alpha value is -2.75. The van der Waals surface area contributed by atoms with Crippen LogP contribution in [0.4, 0.5) is 5.69 Å². The van der Waals surface area contributed by atoms with Gasteiger partial charge in [0.05, 0.1) is 16.3 Å². The molecule has 3 rings (SSSR count). The van der Waals surface area contributed by atoms with Crippen LogP contribution >= 0.6 is 11.3 Å². The summed E-state index contributed by atoms with van der Waals surface area (Å²) in [4.78, 5) is 36.1. The number of hydrazine groups is 1. The molecule has 2 heterocycles. The molecule has 0 saturated carbocycles. The summed E-state index contributed by atoms with van der Waals surface area (Å²) in [5.74, 6) is -0.716. The largest absolute Gasteiger partial charge is 0.306 e. The fourth-order valence-electron chi connectivity index (χ4n) is 2.99. The smallest absolute Gasteiger partial charge is 0.273 e. The van der Waals surface area contributed by atoms with Crippen LogP contribution in [0.1, 0.15) is 52.2 Å². The quantitative estimate of drug-likeness (QED) is 0.599. The Balaban J connectivity index is 1.47. The van der Waals surface area contributed by atoms with Crippen LogP contribution in [0.25, 0.3) is 0 Å². The Kier molecular flexibility index (Phi) is 6.17. The number of hydrogen-bond acceptors (Lipinski definition) is 6. The third-order valence-electron chi connectivity index (χ3n) is 4.43. The normalized spacial score (nSPS) is 13.9. The first-order valence-corrected chi connectivity index (χ1v) is 9.72. The van der Waals surface area contributed by atoms with Gasteiger partial charge < -0.3 is 0 Å². The maximum absolute atomic E-state index is 12.3. The fourth-order valence-corrected chi connectivity index (χ4v) is 4.14. The number of nitrogens with zero attached hydrogens (tertiary/aromatic N) is 3. The van der Waals surface area contributed by atoms with E-state index < -0.39 is 10.8 Å². The average Bonchev–Trinajstić information content (AvgIpc) is 3.25. The van der Waals surface area contributed by atoms with Gasteiger partial charge in [-0.1, -0.05) is 12.8 Å². The first-order valence-electron chi connectivity index (χ1n) is 8.90. The summed E-state index contributed by atoms with van der Waals surface area (Å²) in [5, 5.41) is 14.4. The van der Waals surface area contributed by atoms with E-state index in [1.807, 2.05) is 6.07 Å². The van der Waals surface area contributed by atoms with E-state index in [0.29, 0.717) is 4.88 Å². The van der Waals surface area contributed by atoms with Gasteiger partial charge >= 0.3 is 5.69 Å².